The number of piperidine rings is 1. The summed E-state index contributed by atoms with van der Waals surface area (Å²) in [5.74, 6) is 0.617. The van der Waals surface area contributed by atoms with Gasteiger partial charge in [-0.05, 0) is 49.2 Å². The quantitative estimate of drug-likeness (QED) is 0.814. The molecule has 1 fully saturated rings. The second kappa shape index (κ2) is 8.27. The fraction of sp³-hybridized carbons (Fsp3) is 0.300. The first-order valence-corrected chi connectivity index (χ1v) is 9.05. The number of hydrogen-bond donors (Lipinski definition) is 2. The average Bonchev–Trinajstić information content (AvgIpc) is 2.68. The van der Waals surface area contributed by atoms with Crippen LogP contribution in [-0.2, 0) is 0 Å². The van der Waals surface area contributed by atoms with E-state index in [1.54, 1.807) is 37.4 Å². The number of benzene rings is 2. The third-order valence-electron chi connectivity index (χ3n) is 4.60. The van der Waals surface area contributed by atoms with Crippen LogP contribution in [0.25, 0.3) is 0 Å². The van der Waals surface area contributed by atoms with Gasteiger partial charge in [-0.25, -0.2) is 0 Å². The van der Waals surface area contributed by atoms with E-state index in [-0.39, 0.29) is 17.9 Å². The summed E-state index contributed by atoms with van der Waals surface area (Å²) < 4.78 is 5.10. The lowest BCUT2D eigenvalue weighted by molar-refractivity contribution is 0.0695. The van der Waals surface area contributed by atoms with Crippen LogP contribution in [0, 0.1) is 0 Å². The van der Waals surface area contributed by atoms with Crippen molar-refractivity contribution in [3.05, 3.63) is 59.7 Å². The number of nitrogens with one attached hydrogen (secondary N) is 1. The van der Waals surface area contributed by atoms with E-state index < -0.39 is 0 Å². The van der Waals surface area contributed by atoms with Gasteiger partial charge in [0, 0.05) is 29.6 Å². The third-order valence-corrected chi connectivity index (χ3v) is 4.99. The number of nitrogens with zero attached hydrogens (tertiary/aromatic N) is 1. The van der Waals surface area contributed by atoms with Crippen molar-refractivity contribution in [2.75, 3.05) is 20.2 Å². The Morgan fingerprint density at radius 1 is 1.08 bits per heavy atom. The molecule has 1 aliphatic rings. The van der Waals surface area contributed by atoms with E-state index in [9.17, 15) is 9.59 Å². The van der Waals surface area contributed by atoms with Gasteiger partial charge in [-0.15, -0.1) is 12.6 Å². The first kappa shape index (κ1) is 18.3. The Kier molecular flexibility index (Phi) is 5.83. The molecule has 0 atom stereocenters. The summed E-state index contributed by atoms with van der Waals surface area (Å²) in [6, 6.07) is 14.4. The number of ether oxygens (including phenoxy) is 1. The highest BCUT2D eigenvalue weighted by atomic mass is 32.1. The number of carbonyl (C=O) groups excluding carboxylic acids is 2. The molecule has 0 aromatic heterocycles. The molecule has 3 rings (SSSR count). The maximum absolute atomic E-state index is 12.6. The molecule has 5 nitrogen and oxygen atoms in total. The number of hydrogen-bond acceptors (Lipinski definition) is 4. The van der Waals surface area contributed by atoms with Gasteiger partial charge < -0.3 is 15.0 Å². The highest BCUT2D eigenvalue weighted by Gasteiger charge is 2.25. The predicted molar refractivity (Wildman–Crippen MR) is 103 cm³/mol. The molecule has 0 aliphatic carbocycles. The van der Waals surface area contributed by atoms with Crippen LogP contribution in [0.1, 0.15) is 33.6 Å². The molecule has 1 N–H and O–H groups in total. The summed E-state index contributed by atoms with van der Waals surface area (Å²) in [5, 5.41) is 3.05. The van der Waals surface area contributed by atoms with Crippen molar-refractivity contribution in [3.63, 3.8) is 0 Å². The number of methoxy groups -OCH3 is 1. The summed E-state index contributed by atoms with van der Waals surface area (Å²) in [6.07, 6.45) is 1.48. The predicted octanol–water partition coefficient (Wildman–Crippen LogP) is 3.02. The van der Waals surface area contributed by atoms with Crippen LogP contribution < -0.4 is 10.1 Å². The lowest BCUT2D eigenvalue weighted by Gasteiger charge is -2.32. The topological polar surface area (TPSA) is 58.6 Å². The summed E-state index contributed by atoms with van der Waals surface area (Å²) in [7, 11) is 1.59. The Hall–Kier alpha value is -2.47. The van der Waals surface area contributed by atoms with E-state index in [4.69, 9.17) is 4.74 Å². The Morgan fingerprint density at radius 2 is 1.73 bits per heavy atom. The molecule has 1 heterocycles. The monoisotopic (exact) mass is 370 g/mol. The van der Waals surface area contributed by atoms with E-state index in [0.29, 0.717) is 29.1 Å². The van der Waals surface area contributed by atoms with Gasteiger partial charge in [0.05, 0.1) is 12.7 Å². The minimum Gasteiger partial charge on any atom is -0.497 e. The maximum Gasteiger partial charge on any atom is 0.254 e. The average molecular weight is 370 g/mol. The molecule has 1 aliphatic heterocycles. The van der Waals surface area contributed by atoms with Crippen LogP contribution in [0.4, 0.5) is 0 Å². The van der Waals surface area contributed by atoms with Gasteiger partial charge in [-0.2, -0.15) is 0 Å². The fourth-order valence-electron chi connectivity index (χ4n) is 3.06. The Morgan fingerprint density at radius 3 is 2.35 bits per heavy atom. The van der Waals surface area contributed by atoms with Crippen molar-refractivity contribution in [1.29, 1.82) is 0 Å². The molecule has 136 valence electrons. The van der Waals surface area contributed by atoms with Crippen molar-refractivity contribution in [2.24, 2.45) is 0 Å². The van der Waals surface area contributed by atoms with E-state index in [0.717, 1.165) is 18.6 Å². The lowest BCUT2D eigenvalue weighted by Crippen LogP contribution is -2.46. The maximum atomic E-state index is 12.6. The van der Waals surface area contributed by atoms with Crippen LogP contribution in [-0.4, -0.2) is 43.0 Å². The summed E-state index contributed by atoms with van der Waals surface area (Å²) in [4.78, 5) is 27.5. The fourth-order valence-corrected chi connectivity index (χ4v) is 3.32. The van der Waals surface area contributed by atoms with Gasteiger partial charge in [0.2, 0.25) is 0 Å². The second-order valence-electron chi connectivity index (χ2n) is 6.29. The first-order valence-electron chi connectivity index (χ1n) is 8.60. The minimum atomic E-state index is -0.0990. The molecule has 1 saturated heterocycles. The molecular weight excluding hydrogens is 348 g/mol. The molecule has 0 radical (unpaired) electrons. The lowest BCUT2D eigenvalue weighted by atomic mass is 10.0. The highest BCUT2D eigenvalue weighted by Crippen LogP contribution is 2.19. The molecule has 6 heteroatoms. The van der Waals surface area contributed by atoms with Crippen LogP contribution in [0.5, 0.6) is 5.75 Å². The normalized spacial score (nSPS) is 14.8. The molecule has 2 aromatic carbocycles. The molecule has 2 amide bonds. The van der Waals surface area contributed by atoms with E-state index in [1.165, 1.54) is 0 Å². The molecule has 0 bridgehead atoms. The van der Waals surface area contributed by atoms with E-state index in [1.807, 2.05) is 23.1 Å². The number of carbonyl (C=O) groups is 2. The highest BCUT2D eigenvalue weighted by molar-refractivity contribution is 7.80. The molecular formula is C20H22N2O3S. The van der Waals surface area contributed by atoms with Crippen molar-refractivity contribution in [2.45, 2.75) is 23.8 Å². The van der Waals surface area contributed by atoms with Gasteiger partial charge >= 0.3 is 0 Å². The van der Waals surface area contributed by atoms with Gasteiger partial charge in [0.25, 0.3) is 11.8 Å². The number of amides is 2. The zero-order valence-electron chi connectivity index (χ0n) is 14.6. The van der Waals surface area contributed by atoms with Gasteiger partial charge in [0.15, 0.2) is 0 Å². The van der Waals surface area contributed by atoms with Gasteiger partial charge in [0.1, 0.15) is 5.75 Å². The second-order valence-corrected chi connectivity index (χ2v) is 6.77. The third kappa shape index (κ3) is 4.19. The number of thiol groups is 1. The van der Waals surface area contributed by atoms with E-state index >= 15 is 0 Å². The van der Waals surface area contributed by atoms with Crippen molar-refractivity contribution < 1.29 is 14.3 Å². The molecule has 0 saturated carbocycles. The number of likely N-dealkylation sites (tertiary alicyclic amines) is 1. The number of rotatable bonds is 4. The molecule has 2 aromatic rings. The van der Waals surface area contributed by atoms with Crippen LogP contribution in [0.2, 0.25) is 0 Å². The van der Waals surface area contributed by atoms with Gasteiger partial charge in [-0.1, -0.05) is 12.1 Å². The standard InChI is InChI=1S/C20H22N2O3S/c1-25-16-8-6-14(7-9-16)19(23)21-15-10-12-22(13-11-15)20(24)17-4-2-3-5-18(17)26/h2-9,15,26H,10-13H2,1H3,(H,21,23). The molecule has 0 unspecified atom stereocenters. The minimum absolute atomic E-state index is 0.00414. The van der Waals surface area contributed by atoms with Crippen LogP contribution >= 0.6 is 12.6 Å². The Balaban J connectivity index is 1.54. The van der Waals surface area contributed by atoms with Gasteiger partial charge in [-0.3, -0.25) is 9.59 Å². The van der Waals surface area contributed by atoms with Crippen LogP contribution in [0.15, 0.2) is 53.4 Å². The zero-order valence-corrected chi connectivity index (χ0v) is 15.5. The molecule has 26 heavy (non-hydrogen) atoms. The largest absolute Gasteiger partial charge is 0.497 e. The molecule has 0 spiro atoms. The summed E-state index contributed by atoms with van der Waals surface area (Å²) in [6.45, 7) is 1.24. The zero-order chi connectivity index (χ0) is 18.5. The van der Waals surface area contributed by atoms with Crippen LogP contribution in [0.3, 0.4) is 0 Å². The smallest absolute Gasteiger partial charge is 0.254 e. The van der Waals surface area contributed by atoms with Crippen molar-refractivity contribution >= 4 is 24.4 Å². The van der Waals surface area contributed by atoms with Crippen molar-refractivity contribution in [3.8, 4) is 5.75 Å². The SMILES string of the molecule is COc1ccc(C(=O)NC2CCN(C(=O)c3ccccc3S)CC2)cc1. The Bertz CT molecular complexity index is 784. The summed E-state index contributed by atoms with van der Waals surface area (Å²) in [5.41, 5.74) is 1.23. The van der Waals surface area contributed by atoms with E-state index in [2.05, 4.69) is 17.9 Å². The first-order chi connectivity index (χ1) is 12.6. The summed E-state index contributed by atoms with van der Waals surface area (Å²) >= 11 is 4.36. The van der Waals surface area contributed by atoms with Crippen molar-refractivity contribution in [1.82, 2.24) is 10.2 Å². The Labute approximate surface area is 158 Å².